The minimum atomic E-state index is -0.493. The molecule has 0 saturated carbocycles. The van der Waals surface area contributed by atoms with Crippen molar-refractivity contribution >= 4 is 11.5 Å². The van der Waals surface area contributed by atoms with Crippen LogP contribution >= 0.6 is 0 Å². The number of ether oxygens (including phenoxy) is 2. The Kier molecular flexibility index (Phi) is 7.50. The summed E-state index contributed by atoms with van der Waals surface area (Å²) in [6, 6.07) is 8.15. The molecule has 0 bridgehead atoms. The summed E-state index contributed by atoms with van der Waals surface area (Å²) in [5.41, 5.74) is 6.60. The van der Waals surface area contributed by atoms with Crippen LogP contribution in [0.2, 0.25) is 0 Å². The number of unbranched alkanes of at least 4 members (excludes halogenated alkanes) is 1. The minimum Gasteiger partial charge on any atom is -0.497 e. The van der Waals surface area contributed by atoms with Crippen LogP contribution in [0.1, 0.15) is 71.8 Å². The van der Waals surface area contributed by atoms with E-state index in [0.717, 1.165) is 55.6 Å². The van der Waals surface area contributed by atoms with E-state index in [-0.39, 0.29) is 5.97 Å². The number of allylic oxidation sites excluding steroid dienone is 3. The molecular formula is C24H32O3. The first-order chi connectivity index (χ1) is 12.8. The summed E-state index contributed by atoms with van der Waals surface area (Å²) in [6.07, 6.45) is 8.00. The van der Waals surface area contributed by atoms with Gasteiger partial charge in [-0.05, 0) is 75.8 Å². The predicted octanol–water partition coefficient (Wildman–Crippen LogP) is 6.45. The zero-order valence-electron chi connectivity index (χ0n) is 17.4. The molecule has 0 aliphatic heterocycles. The van der Waals surface area contributed by atoms with Crippen molar-refractivity contribution in [2.75, 3.05) is 7.11 Å². The second-order valence-corrected chi connectivity index (χ2v) is 8.06. The van der Waals surface area contributed by atoms with Gasteiger partial charge in [-0.25, -0.2) is 0 Å². The van der Waals surface area contributed by atoms with E-state index in [2.05, 4.69) is 24.8 Å². The highest BCUT2D eigenvalue weighted by atomic mass is 16.5. The third-order valence-corrected chi connectivity index (χ3v) is 4.57. The van der Waals surface area contributed by atoms with E-state index in [4.69, 9.17) is 9.47 Å². The zero-order chi connectivity index (χ0) is 19.9. The SMILES string of the molecule is CCCCC(=C=C1C=C(OC(=O)C(C)(C)C)CCC1)c1ccc(OC)cc1. The van der Waals surface area contributed by atoms with Crippen LogP contribution in [0.3, 0.4) is 0 Å². The topological polar surface area (TPSA) is 35.5 Å². The van der Waals surface area contributed by atoms with Crippen molar-refractivity contribution in [1.82, 2.24) is 0 Å². The molecule has 0 saturated heterocycles. The van der Waals surface area contributed by atoms with E-state index in [9.17, 15) is 4.79 Å². The maximum absolute atomic E-state index is 12.2. The van der Waals surface area contributed by atoms with Crippen LogP contribution in [-0.4, -0.2) is 13.1 Å². The van der Waals surface area contributed by atoms with Gasteiger partial charge >= 0.3 is 5.97 Å². The van der Waals surface area contributed by atoms with Crippen molar-refractivity contribution in [3.63, 3.8) is 0 Å². The molecule has 3 nitrogen and oxygen atoms in total. The molecule has 27 heavy (non-hydrogen) atoms. The molecule has 0 N–H and O–H groups in total. The molecule has 146 valence electrons. The van der Waals surface area contributed by atoms with Gasteiger partial charge < -0.3 is 9.47 Å². The van der Waals surface area contributed by atoms with Crippen LogP contribution in [0, 0.1) is 5.41 Å². The molecule has 2 rings (SSSR count). The van der Waals surface area contributed by atoms with Gasteiger partial charge in [-0.3, -0.25) is 4.79 Å². The quantitative estimate of drug-likeness (QED) is 0.427. The maximum Gasteiger partial charge on any atom is 0.316 e. The fourth-order valence-corrected chi connectivity index (χ4v) is 2.86. The van der Waals surface area contributed by atoms with Crippen LogP contribution in [0.5, 0.6) is 5.75 Å². The van der Waals surface area contributed by atoms with Crippen LogP contribution in [-0.2, 0) is 9.53 Å². The zero-order valence-corrected chi connectivity index (χ0v) is 17.4. The molecule has 1 aliphatic rings. The lowest BCUT2D eigenvalue weighted by Gasteiger charge is -2.20. The van der Waals surface area contributed by atoms with Gasteiger partial charge in [0.2, 0.25) is 0 Å². The Morgan fingerprint density at radius 2 is 1.85 bits per heavy atom. The summed E-state index contributed by atoms with van der Waals surface area (Å²) in [6.45, 7) is 7.83. The number of methoxy groups -OCH3 is 1. The van der Waals surface area contributed by atoms with Gasteiger partial charge in [0.25, 0.3) is 0 Å². The second-order valence-electron chi connectivity index (χ2n) is 8.06. The third-order valence-electron chi connectivity index (χ3n) is 4.57. The average Bonchev–Trinajstić information content (AvgIpc) is 2.65. The molecule has 0 amide bonds. The standard InChI is InChI=1S/C24H32O3/c1-6-7-10-20(19-12-14-21(26-5)15-13-19)16-18-9-8-11-22(17-18)27-23(25)24(2,3)4/h12-15,17H,6-11H2,1-5H3. The molecular weight excluding hydrogens is 336 g/mol. The Hall–Kier alpha value is -2.25. The molecule has 0 spiro atoms. The number of carbonyl (C=O) groups is 1. The fraction of sp³-hybridized carbons (Fsp3) is 0.500. The van der Waals surface area contributed by atoms with Gasteiger partial charge in [0, 0.05) is 12.0 Å². The van der Waals surface area contributed by atoms with Gasteiger partial charge in [0.05, 0.1) is 12.5 Å². The van der Waals surface area contributed by atoms with Gasteiger partial charge in [-0.15, -0.1) is 5.73 Å². The Balaban J connectivity index is 2.34. The summed E-state index contributed by atoms with van der Waals surface area (Å²) in [4.78, 5) is 12.2. The van der Waals surface area contributed by atoms with Crippen molar-refractivity contribution in [2.24, 2.45) is 5.41 Å². The Labute approximate surface area is 163 Å². The smallest absolute Gasteiger partial charge is 0.316 e. The van der Waals surface area contributed by atoms with Crippen molar-refractivity contribution in [3.05, 3.63) is 53.0 Å². The largest absolute Gasteiger partial charge is 0.497 e. The van der Waals surface area contributed by atoms with Gasteiger partial charge in [0.1, 0.15) is 11.5 Å². The molecule has 3 heteroatoms. The van der Waals surface area contributed by atoms with Crippen LogP contribution in [0.15, 0.2) is 47.4 Å². The normalized spacial score (nSPS) is 14.3. The van der Waals surface area contributed by atoms with Gasteiger partial charge in [0.15, 0.2) is 0 Å². The van der Waals surface area contributed by atoms with Crippen molar-refractivity contribution < 1.29 is 14.3 Å². The number of carbonyl (C=O) groups excluding carboxylic acids is 1. The van der Waals surface area contributed by atoms with Gasteiger partial charge in [-0.1, -0.05) is 25.5 Å². The first kappa shape index (κ1) is 21.1. The number of esters is 1. The molecule has 1 aromatic rings. The van der Waals surface area contributed by atoms with E-state index in [1.807, 2.05) is 39.0 Å². The lowest BCUT2D eigenvalue weighted by Crippen LogP contribution is -2.23. The van der Waals surface area contributed by atoms with Crippen molar-refractivity contribution in [3.8, 4) is 5.75 Å². The predicted molar refractivity (Wildman–Crippen MR) is 110 cm³/mol. The molecule has 0 fully saturated rings. The molecule has 0 atom stereocenters. The number of hydrogen-bond donors (Lipinski definition) is 0. The van der Waals surface area contributed by atoms with Crippen LogP contribution in [0.25, 0.3) is 5.57 Å². The first-order valence-corrected chi connectivity index (χ1v) is 9.89. The molecule has 0 aromatic heterocycles. The van der Waals surface area contributed by atoms with Gasteiger partial charge in [-0.2, -0.15) is 0 Å². The maximum atomic E-state index is 12.2. The fourth-order valence-electron chi connectivity index (χ4n) is 2.86. The Bertz CT molecular complexity index is 739. The van der Waals surface area contributed by atoms with E-state index in [1.165, 1.54) is 11.1 Å². The van der Waals surface area contributed by atoms with E-state index >= 15 is 0 Å². The van der Waals surface area contributed by atoms with E-state index < -0.39 is 5.41 Å². The second kappa shape index (κ2) is 9.62. The average molecular weight is 369 g/mol. The minimum absolute atomic E-state index is 0.180. The number of rotatable bonds is 6. The Morgan fingerprint density at radius 3 is 2.44 bits per heavy atom. The highest BCUT2D eigenvalue weighted by Gasteiger charge is 2.25. The summed E-state index contributed by atoms with van der Waals surface area (Å²) in [5, 5.41) is 0. The molecule has 1 aliphatic carbocycles. The lowest BCUT2D eigenvalue weighted by molar-refractivity contribution is -0.148. The summed E-state index contributed by atoms with van der Waals surface area (Å²) < 4.78 is 10.9. The molecule has 0 radical (unpaired) electrons. The Morgan fingerprint density at radius 1 is 1.15 bits per heavy atom. The lowest BCUT2D eigenvalue weighted by atomic mass is 9.95. The summed E-state index contributed by atoms with van der Waals surface area (Å²) in [5.74, 6) is 1.43. The highest BCUT2D eigenvalue weighted by Crippen LogP contribution is 2.28. The summed E-state index contributed by atoms with van der Waals surface area (Å²) >= 11 is 0. The molecule has 1 aromatic carbocycles. The van der Waals surface area contributed by atoms with Crippen LogP contribution < -0.4 is 4.74 Å². The molecule has 0 unspecified atom stereocenters. The third kappa shape index (κ3) is 6.45. The van der Waals surface area contributed by atoms with E-state index in [0.29, 0.717) is 0 Å². The summed E-state index contributed by atoms with van der Waals surface area (Å²) in [7, 11) is 1.68. The molecule has 0 heterocycles. The van der Waals surface area contributed by atoms with Crippen molar-refractivity contribution in [1.29, 1.82) is 0 Å². The van der Waals surface area contributed by atoms with Crippen molar-refractivity contribution in [2.45, 2.75) is 66.2 Å². The number of hydrogen-bond acceptors (Lipinski definition) is 3. The van der Waals surface area contributed by atoms with E-state index in [1.54, 1.807) is 7.11 Å². The number of benzene rings is 1. The monoisotopic (exact) mass is 368 g/mol. The highest BCUT2D eigenvalue weighted by molar-refractivity contribution is 5.76. The first-order valence-electron chi connectivity index (χ1n) is 9.89. The van der Waals surface area contributed by atoms with Crippen LogP contribution in [0.4, 0.5) is 0 Å².